The largest absolute Gasteiger partial charge is 0.330 e. The first-order valence-electron chi connectivity index (χ1n) is 4.66. The van der Waals surface area contributed by atoms with E-state index in [0.29, 0.717) is 5.41 Å². The van der Waals surface area contributed by atoms with Crippen LogP contribution in [-0.4, -0.2) is 31.1 Å². The molecule has 64 valence electrons. The Bertz CT molecular complexity index is 146. The predicted molar refractivity (Wildman–Crippen MR) is 46.3 cm³/mol. The summed E-state index contributed by atoms with van der Waals surface area (Å²) in [5, 5.41) is 0. The van der Waals surface area contributed by atoms with Gasteiger partial charge in [0.2, 0.25) is 0 Å². The van der Waals surface area contributed by atoms with Crippen molar-refractivity contribution in [2.75, 3.05) is 26.2 Å². The predicted octanol–water partition coefficient (Wildman–Crippen LogP) is 0.677. The Kier molecular flexibility index (Phi) is 1.69. The van der Waals surface area contributed by atoms with Crippen LogP contribution in [0.1, 0.15) is 19.8 Å². The molecule has 0 amide bonds. The van der Waals surface area contributed by atoms with Gasteiger partial charge in [-0.05, 0) is 30.7 Å². The van der Waals surface area contributed by atoms with Crippen molar-refractivity contribution in [3.05, 3.63) is 0 Å². The fourth-order valence-electron chi connectivity index (χ4n) is 2.04. The lowest BCUT2D eigenvalue weighted by atomic mass is 9.98. The second-order valence-electron chi connectivity index (χ2n) is 4.50. The molecule has 0 aromatic heterocycles. The van der Waals surface area contributed by atoms with Gasteiger partial charge < -0.3 is 10.6 Å². The highest BCUT2D eigenvalue weighted by atomic mass is 15.2. The van der Waals surface area contributed by atoms with Crippen molar-refractivity contribution < 1.29 is 0 Å². The van der Waals surface area contributed by atoms with Gasteiger partial charge in [-0.3, -0.25) is 0 Å². The minimum Gasteiger partial charge on any atom is -0.330 e. The molecule has 1 aliphatic carbocycles. The fourth-order valence-corrected chi connectivity index (χ4v) is 2.04. The normalized spacial score (nSPS) is 30.0. The van der Waals surface area contributed by atoms with Crippen LogP contribution in [0.15, 0.2) is 0 Å². The van der Waals surface area contributed by atoms with Crippen LogP contribution >= 0.6 is 0 Å². The standard InChI is InChI=1S/C9H18N2/c1-8-4-11(5-8)7-9(6-10)2-3-9/h8H,2-7,10H2,1H3. The summed E-state index contributed by atoms with van der Waals surface area (Å²) < 4.78 is 0. The van der Waals surface area contributed by atoms with E-state index < -0.39 is 0 Å². The molecule has 2 heteroatoms. The molecule has 0 aromatic rings. The smallest absolute Gasteiger partial charge is 0.00503 e. The summed E-state index contributed by atoms with van der Waals surface area (Å²) in [4.78, 5) is 2.55. The number of nitrogens with zero attached hydrogens (tertiary/aromatic N) is 1. The van der Waals surface area contributed by atoms with E-state index >= 15 is 0 Å². The second kappa shape index (κ2) is 2.46. The van der Waals surface area contributed by atoms with E-state index in [0.717, 1.165) is 12.5 Å². The lowest BCUT2D eigenvalue weighted by molar-refractivity contribution is 0.0882. The molecular weight excluding hydrogens is 136 g/mol. The van der Waals surface area contributed by atoms with Crippen molar-refractivity contribution in [1.29, 1.82) is 0 Å². The lowest BCUT2D eigenvalue weighted by Crippen LogP contribution is -2.48. The molecule has 1 saturated carbocycles. The van der Waals surface area contributed by atoms with E-state index in [9.17, 15) is 0 Å². The molecule has 0 spiro atoms. The summed E-state index contributed by atoms with van der Waals surface area (Å²) in [5.41, 5.74) is 6.26. The quantitative estimate of drug-likeness (QED) is 0.647. The van der Waals surface area contributed by atoms with Crippen LogP contribution in [0.25, 0.3) is 0 Å². The first-order chi connectivity index (χ1) is 5.24. The van der Waals surface area contributed by atoms with Crippen LogP contribution in [0.3, 0.4) is 0 Å². The van der Waals surface area contributed by atoms with E-state index in [-0.39, 0.29) is 0 Å². The molecule has 11 heavy (non-hydrogen) atoms. The Labute approximate surface area is 68.7 Å². The van der Waals surface area contributed by atoms with Crippen LogP contribution in [-0.2, 0) is 0 Å². The van der Waals surface area contributed by atoms with Crippen LogP contribution in [0, 0.1) is 11.3 Å². The maximum atomic E-state index is 5.70. The van der Waals surface area contributed by atoms with Crippen molar-refractivity contribution in [3.8, 4) is 0 Å². The summed E-state index contributed by atoms with van der Waals surface area (Å²) in [6, 6.07) is 0. The van der Waals surface area contributed by atoms with Gasteiger partial charge >= 0.3 is 0 Å². The molecule has 2 aliphatic rings. The maximum absolute atomic E-state index is 5.70. The van der Waals surface area contributed by atoms with Gasteiger partial charge in [0.05, 0.1) is 0 Å². The number of nitrogens with two attached hydrogens (primary N) is 1. The minimum atomic E-state index is 0.556. The highest BCUT2D eigenvalue weighted by Gasteiger charge is 2.43. The van der Waals surface area contributed by atoms with Gasteiger partial charge in [0, 0.05) is 19.6 Å². The summed E-state index contributed by atoms with van der Waals surface area (Å²) >= 11 is 0. The molecule has 2 rings (SSSR count). The van der Waals surface area contributed by atoms with Crippen LogP contribution in [0.5, 0.6) is 0 Å². The molecule has 1 saturated heterocycles. The molecule has 2 nitrogen and oxygen atoms in total. The third kappa shape index (κ3) is 1.42. The number of hydrogen-bond acceptors (Lipinski definition) is 2. The average molecular weight is 154 g/mol. The van der Waals surface area contributed by atoms with Gasteiger partial charge in [-0.1, -0.05) is 6.92 Å². The number of likely N-dealkylation sites (tertiary alicyclic amines) is 1. The highest BCUT2D eigenvalue weighted by Crippen LogP contribution is 2.45. The van der Waals surface area contributed by atoms with Gasteiger partial charge in [0.1, 0.15) is 0 Å². The van der Waals surface area contributed by atoms with E-state index in [1.165, 1.54) is 32.5 Å². The maximum Gasteiger partial charge on any atom is 0.00503 e. The van der Waals surface area contributed by atoms with Crippen LogP contribution in [0.4, 0.5) is 0 Å². The summed E-state index contributed by atoms with van der Waals surface area (Å²) in [6.45, 7) is 7.10. The highest BCUT2D eigenvalue weighted by molar-refractivity contribution is 4.98. The van der Waals surface area contributed by atoms with Gasteiger partial charge in [0.25, 0.3) is 0 Å². The first-order valence-corrected chi connectivity index (χ1v) is 4.66. The zero-order valence-corrected chi connectivity index (χ0v) is 7.34. The summed E-state index contributed by atoms with van der Waals surface area (Å²) in [6.07, 6.45) is 2.74. The Morgan fingerprint density at radius 3 is 2.45 bits per heavy atom. The number of rotatable bonds is 3. The molecule has 2 N–H and O–H groups in total. The zero-order valence-electron chi connectivity index (χ0n) is 7.34. The Morgan fingerprint density at radius 1 is 1.45 bits per heavy atom. The first kappa shape index (κ1) is 7.56. The van der Waals surface area contributed by atoms with Gasteiger partial charge in [-0.15, -0.1) is 0 Å². The molecule has 0 unspecified atom stereocenters. The van der Waals surface area contributed by atoms with E-state index in [2.05, 4.69) is 11.8 Å². The van der Waals surface area contributed by atoms with Crippen LogP contribution < -0.4 is 5.73 Å². The van der Waals surface area contributed by atoms with Gasteiger partial charge in [0.15, 0.2) is 0 Å². The SMILES string of the molecule is CC1CN(CC2(CN)CC2)C1. The summed E-state index contributed by atoms with van der Waals surface area (Å²) in [7, 11) is 0. The molecule has 0 atom stereocenters. The number of hydrogen-bond donors (Lipinski definition) is 1. The molecular formula is C9H18N2. The monoisotopic (exact) mass is 154 g/mol. The molecule has 0 radical (unpaired) electrons. The van der Waals surface area contributed by atoms with E-state index in [4.69, 9.17) is 5.73 Å². The Balaban J connectivity index is 1.74. The van der Waals surface area contributed by atoms with E-state index in [1.54, 1.807) is 0 Å². The Hall–Kier alpha value is -0.0800. The lowest BCUT2D eigenvalue weighted by Gasteiger charge is -2.39. The van der Waals surface area contributed by atoms with Crippen molar-refractivity contribution in [1.82, 2.24) is 4.90 Å². The van der Waals surface area contributed by atoms with Crippen molar-refractivity contribution in [2.45, 2.75) is 19.8 Å². The second-order valence-corrected chi connectivity index (χ2v) is 4.50. The van der Waals surface area contributed by atoms with E-state index in [1.807, 2.05) is 0 Å². The third-order valence-corrected chi connectivity index (χ3v) is 3.09. The topological polar surface area (TPSA) is 29.3 Å². The van der Waals surface area contributed by atoms with Crippen molar-refractivity contribution in [2.24, 2.45) is 17.1 Å². The molecule has 0 bridgehead atoms. The molecule has 2 fully saturated rings. The fraction of sp³-hybridized carbons (Fsp3) is 1.00. The summed E-state index contributed by atoms with van der Waals surface area (Å²) in [5.74, 6) is 0.934. The van der Waals surface area contributed by atoms with Crippen molar-refractivity contribution >= 4 is 0 Å². The zero-order chi connectivity index (χ0) is 7.90. The van der Waals surface area contributed by atoms with Gasteiger partial charge in [-0.2, -0.15) is 0 Å². The third-order valence-electron chi connectivity index (χ3n) is 3.09. The van der Waals surface area contributed by atoms with Crippen molar-refractivity contribution in [3.63, 3.8) is 0 Å². The minimum absolute atomic E-state index is 0.556. The molecule has 1 heterocycles. The Morgan fingerprint density at radius 2 is 2.09 bits per heavy atom. The average Bonchev–Trinajstić information content (AvgIpc) is 2.66. The van der Waals surface area contributed by atoms with Crippen LogP contribution in [0.2, 0.25) is 0 Å². The molecule has 1 aliphatic heterocycles. The van der Waals surface area contributed by atoms with Gasteiger partial charge in [-0.25, -0.2) is 0 Å². The molecule has 0 aromatic carbocycles.